The van der Waals surface area contributed by atoms with Gasteiger partial charge in [0.05, 0.1) is 12.6 Å². The number of fused-ring (bicyclic) bond motifs is 2. The van der Waals surface area contributed by atoms with E-state index in [0.717, 1.165) is 23.2 Å². The molecule has 1 amide bonds. The van der Waals surface area contributed by atoms with E-state index in [1.807, 2.05) is 18.3 Å². The second-order valence-corrected chi connectivity index (χ2v) is 7.96. The molecule has 0 saturated carbocycles. The number of ether oxygens (including phenoxy) is 1. The van der Waals surface area contributed by atoms with Crippen molar-refractivity contribution in [2.24, 2.45) is 5.92 Å². The van der Waals surface area contributed by atoms with Gasteiger partial charge in [-0.25, -0.2) is 0 Å². The fourth-order valence-electron chi connectivity index (χ4n) is 4.95. The topological polar surface area (TPSA) is 46.5 Å². The van der Waals surface area contributed by atoms with E-state index >= 15 is 0 Å². The zero-order valence-corrected chi connectivity index (χ0v) is 16.3. The molecule has 2 saturated heterocycles. The lowest BCUT2D eigenvalue weighted by Gasteiger charge is -2.44. The molecule has 1 aromatic carbocycles. The number of piperidine rings is 2. The Morgan fingerprint density at radius 2 is 2.07 bits per heavy atom. The summed E-state index contributed by atoms with van der Waals surface area (Å²) in [6.07, 6.45) is 9.05. The Balaban J connectivity index is 1.31. The third-order valence-electron chi connectivity index (χ3n) is 6.34. The molecule has 0 bridgehead atoms. The highest BCUT2D eigenvalue weighted by Gasteiger charge is 2.32. The number of carbonyl (C=O) groups excluding carboxylic acids is 1. The van der Waals surface area contributed by atoms with E-state index in [9.17, 15) is 4.79 Å². The summed E-state index contributed by atoms with van der Waals surface area (Å²) in [7, 11) is 1.69. The molecule has 2 atom stereocenters. The van der Waals surface area contributed by atoms with Gasteiger partial charge in [-0.05, 0) is 56.8 Å². The lowest BCUT2D eigenvalue weighted by molar-refractivity contribution is -0.121. The third kappa shape index (κ3) is 3.98. The summed E-state index contributed by atoms with van der Waals surface area (Å²) in [5.41, 5.74) is 1.07. The van der Waals surface area contributed by atoms with Crippen molar-refractivity contribution in [2.75, 3.05) is 26.7 Å². The number of para-hydroxylation sites is 1. The number of hydrogen-bond donors (Lipinski definition) is 1. The van der Waals surface area contributed by atoms with Gasteiger partial charge >= 0.3 is 0 Å². The Morgan fingerprint density at radius 3 is 2.96 bits per heavy atom. The molecule has 2 aliphatic heterocycles. The van der Waals surface area contributed by atoms with Crippen LogP contribution in [0.1, 0.15) is 38.5 Å². The van der Waals surface area contributed by atoms with Gasteiger partial charge in [0.2, 0.25) is 5.91 Å². The number of methoxy groups -OCH3 is 1. The number of carbonyl (C=O) groups is 1. The fourth-order valence-corrected chi connectivity index (χ4v) is 4.95. The number of hydrogen-bond acceptors (Lipinski definition) is 3. The number of aromatic nitrogens is 1. The van der Waals surface area contributed by atoms with Crippen LogP contribution in [0.3, 0.4) is 0 Å². The molecule has 5 nitrogen and oxygen atoms in total. The molecule has 3 heterocycles. The minimum atomic E-state index is 0.152. The van der Waals surface area contributed by atoms with Crippen molar-refractivity contribution < 1.29 is 9.53 Å². The molecule has 0 radical (unpaired) electrons. The summed E-state index contributed by atoms with van der Waals surface area (Å²) in [6.45, 7) is 4.00. The minimum Gasteiger partial charge on any atom is -0.495 e. The van der Waals surface area contributed by atoms with Gasteiger partial charge in [0, 0.05) is 37.1 Å². The van der Waals surface area contributed by atoms with Crippen molar-refractivity contribution in [3.8, 4) is 5.75 Å². The molecule has 4 rings (SSSR count). The van der Waals surface area contributed by atoms with E-state index in [1.165, 1.54) is 45.2 Å². The number of nitrogens with zero attached hydrogens (tertiary/aromatic N) is 2. The van der Waals surface area contributed by atoms with Crippen LogP contribution in [-0.2, 0) is 11.3 Å². The van der Waals surface area contributed by atoms with Crippen molar-refractivity contribution >= 4 is 16.8 Å². The van der Waals surface area contributed by atoms with E-state index in [0.29, 0.717) is 24.9 Å². The van der Waals surface area contributed by atoms with Crippen LogP contribution < -0.4 is 10.1 Å². The number of rotatable bonds is 6. The van der Waals surface area contributed by atoms with Gasteiger partial charge in [-0.2, -0.15) is 0 Å². The van der Waals surface area contributed by atoms with E-state index in [-0.39, 0.29) is 5.91 Å². The first-order chi connectivity index (χ1) is 13.3. The number of aryl methyl sites for hydroxylation is 1. The predicted octanol–water partition coefficient (Wildman–Crippen LogP) is 3.42. The number of nitrogens with one attached hydrogen (secondary N) is 1. The lowest BCUT2D eigenvalue weighted by Crippen LogP contribution is -2.51. The van der Waals surface area contributed by atoms with Crippen LogP contribution in [-0.4, -0.2) is 48.2 Å². The quantitative estimate of drug-likeness (QED) is 0.849. The maximum atomic E-state index is 12.5. The SMILES string of the molecule is COc1cccc2ccn(CCC(=O)NC[C@@H]3CCCN4CCCC[C@H]34)c12. The first kappa shape index (κ1) is 18.4. The second-order valence-electron chi connectivity index (χ2n) is 7.96. The summed E-state index contributed by atoms with van der Waals surface area (Å²) in [5, 5.41) is 4.36. The van der Waals surface area contributed by atoms with Crippen LogP contribution in [0.15, 0.2) is 30.5 Å². The first-order valence-corrected chi connectivity index (χ1v) is 10.4. The van der Waals surface area contributed by atoms with E-state index < -0.39 is 0 Å². The molecular formula is C22H31N3O2. The van der Waals surface area contributed by atoms with Crippen molar-refractivity contribution in [3.05, 3.63) is 30.5 Å². The van der Waals surface area contributed by atoms with Crippen LogP contribution >= 0.6 is 0 Å². The predicted molar refractivity (Wildman–Crippen MR) is 108 cm³/mol. The monoisotopic (exact) mass is 369 g/mol. The first-order valence-electron chi connectivity index (χ1n) is 10.4. The fraction of sp³-hybridized carbons (Fsp3) is 0.591. The zero-order valence-electron chi connectivity index (χ0n) is 16.3. The van der Waals surface area contributed by atoms with Gasteiger partial charge in [0.15, 0.2) is 0 Å². The van der Waals surface area contributed by atoms with Gasteiger partial charge < -0.3 is 19.5 Å². The molecule has 2 aromatic rings. The Hall–Kier alpha value is -2.01. The van der Waals surface area contributed by atoms with Crippen LogP contribution in [0, 0.1) is 5.92 Å². The van der Waals surface area contributed by atoms with Crippen LogP contribution in [0.2, 0.25) is 0 Å². The maximum absolute atomic E-state index is 12.5. The average molecular weight is 370 g/mol. The van der Waals surface area contributed by atoms with Gasteiger partial charge in [0.1, 0.15) is 5.75 Å². The molecule has 0 unspecified atom stereocenters. The van der Waals surface area contributed by atoms with E-state index in [2.05, 4.69) is 26.9 Å². The summed E-state index contributed by atoms with van der Waals surface area (Å²) in [5.74, 6) is 1.63. The Morgan fingerprint density at radius 1 is 1.19 bits per heavy atom. The molecule has 146 valence electrons. The highest BCUT2D eigenvalue weighted by atomic mass is 16.5. The highest BCUT2D eigenvalue weighted by Crippen LogP contribution is 2.30. The van der Waals surface area contributed by atoms with Crippen molar-refractivity contribution in [1.82, 2.24) is 14.8 Å². The van der Waals surface area contributed by atoms with Crippen molar-refractivity contribution in [1.29, 1.82) is 0 Å². The molecule has 2 aliphatic rings. The normalized spacial score (nSPS) is 23.1. The maximum Gasteiger partial charge on any atom is 0.221 e. The standard InChI is InChI=1S/C22H31N3O2/c1-27-20-9-4-6-17-10-14-25(22(17)20)15-11-21(26)23-16-18-7-5-13-24-12-3-2-8-19(18)24/h4,6,9-10,14,18-19H,2-3,5,7-8,11-13,15-16H2,1H3,(H,23,26)/t18-,19+/m0/s1. The summed E-state index contributed by atoms with van der Waals surface area (Å²) >= 11 is 0. The second kappa shape index (κ2) is 8.34. The highest BCUT2D eigenvalue weighted by molar-refractivity contribution is 5.86. The Labute approximate surface area is 161 Å². The molecule has 0 spiro atoms. The number of amides is 1. The molecule has 1 aromatic heterocycles. The van der Waals surface area contributed by atoms with Crippen molar-refractivity contribution in [3.63, 3.8) is 0 Å². The average Bonchev–Trinajstić information content (AvgIpc) is 3.14. The zero-order chi connectivity index (χ0) is 18.6. The minimum absolute atomic E-state index is 0.152. The smallest absolute Gasteiger partial charge is 0.221 e. The van der Waals surface area contributed by atoms with E-state index in [1.54, 1.807) is 7.11 Å². The summed E-state index contributed by atoms with van der Waals surface area (Å²) in [4.78, 5) is 15.1. The molecule has 27 heavy (non-hydrogen) atoms. The van der Waals surface area contributed by atoms with Gasteiger partial charge in [-0.1, -0.05) is 18.6 Å². The molecule has 5 heteroatoms. The van der Waals surface area contributed by atoms with Gasteiger partial charge in [-0.15, -0.1) is 0 Å². The molecule has 1 N–H and O–H groups in total. The number of benzene rings is 1. The van der Waals surface area contributed by atoms with Crippen LogP contribution in [0.25, 0.3) is 10.9 Å². The summed E-state index contributed by atoms with van der Waals surface area (Å²) in [6, 6.07) is 8.81. The molecule has 2 fully saturated rings. The Bertz CT molecular complexity index is 783. The van der Waals surface area contributed by atoms with Crippen LogP contribution in [0.5, 0.6) is 5.75 Å². The van der Waals surface area contributed by atoms with E-state index in [4.69, 9.17) is 4.74 Å². The van der Waals surface area contributed by atoms with Gasteiger partial charge in [0.25, 0.3) is 0 Å². The lowest BCUT2D eigenvalue weighted by atomic mass is 9.83. The van der Waals surface area contributed by atoms with Crippen molar-refractivity contribution in [2.45, 2.75) is 51.1 Å². The summed E-state index contributed by atoms with van der Waals surface area (Å²) < 4.78 is 7.61. The Kier molecular flexibility index (Phi) is 5.67. The largest absolute Gasteiger partial charge is 0.495 e. The molecular weight excluding hydrogens is 338 g/mol. The van der Waals surface area contributed by atoms with Gasteiger partial charge in [-0.3, -0.25) is 4.79 Å². The third-order valence-corrected chi connectivity index (χ3v) is 6.34. The van der Waals surface area contributed by atoms with Crippen LogP contribution in [0.4, 0.5) is 0 Å². The molecule has 0 aliphatic carbocycles.